The van der Waals surface area contributed by atoms with Crippen molar-refractivity contribution in [3.05, 3.63) is 30.1 Å². The van der Waals surface area contributed by atoms with Gasteiger partial charge in [0.25, 0.3) is 0 Å². The summed E-state index contributed by atoms with van der Waals surface area (Å²) in [6.07, 6.45) is 7.24. The number of aromatic nitrogens is 1. The molecule has 3 rings (SSSR count). The molecule has 1 aromatic rings. The molecule has 4 heteroatoms. The minimum Gasteiger partial charge on any atom is -0.371 e. The predicted molar refractivity (Wildman–Crippen MR) is 68.2 cm³/mol. The molecular weight excluding hydrogens is 228 g/mol. The Kier molecular flexibility index (Phi) is 3.59. The van der Waals surface area contributed by atoms with Gasteiger partial charge in [0.2, 0.25) is 0 Å². The summed E-state index contributed by atoms with van der Waals surface area (Å²) >= 11 is 0. The molecule has 4 nitrogen and oxygen atoms in total. The number of ether oxygens (including phenoxy) is 2. The van der Waals surface area contributed by atoms with E-state index in [1.54, 1.807) is 6.20 Å². The van der Waals surface area contributed by atoms with Crippen molar-refractivity contribution in [2.75, 3.05) is 19.7 Å². The molecule has 2 saturated heterocycles. The summed E-state index contributed by atoms with van der Waals surface area (Å²) in [6, 6.07) is 3.98. The van der Waals surface area contributed by atoms with E-state index in [9.17, 15) is 0 Å². The summed E-state index contributed by atoms with van der Waals surface area (Å²) in [5, 5.41) is 3.42. The van der Waals surface area contributed by atoms with Gasteiger partial charge in [0.05, 0.1) is 24.9 Å². The Morgan fingerprint density at radius 3 is 3.33 bits per heavy atom. The van der Waals surface area contributed by atoms with Gasteiger partial charge in [-0.05, 0) is 31.0 Å². The standard InChI is InChI=1S/C14H20N2O2/c1-3-12(8-15-5-1)9-17-13-7-14(18-10-13)4-2-6-16-11-14/h1,3,5,8,13,16H,2,4,6-7,9-11H2/t13-,14+/m0/s1. The molecule has 2 aliphatic heterocycles. The first-order chi connectivity index (χ1) is 8.86. The van der Waals surface area contributed by atoms with E-state index in [2.05, 4.69) is 10.3 Å². The van der Waals surface area contributed by atoms with E-state index >= 15 is 0 Å². The van der Waals surface area contributed by atoms with E-state index in [-0.39, 0.29) is 11.7 Å². The molecule has 2 atom stereocenters. The van der Waals surface area contributed by atoms with Crippen molar-refractivity contribution in [2.24, 2.45) is 0 Å². The number of pyridine rings is 1. The van der Waals surface area contributed by atoms with Crippen LogP contribution < -0.4 is 5.32 Å². The Morgan fingerprint density at radius 2 is 2.56 bits per heavy atom. The normalized spacial score (nSPS) is 31.9. The Labute approximate surface area is 108 Å². The Bertz CT molecular complexity index is 377. The molecule has 1 spiro atoms. The van der Waals surface area contributed by atoms with Crippen molar-refractivity contribution in [3.63, 3.8) is 0 Å². The SMILES string of the molecule is c1cncc(CO[C@@H]2CO[C@]3(CCCNC3)C2)c1. The van der Waals surface area contributed by atoms with E-state index < -0.39 is 0 Å². The summed E-state index contributed by atoms with van der Waals surface area (Å²) in [7, 11) is 0. The van der Waals surface area contributed by atoms with Gasteiger partial charge < -0.3 is 14.8 Å². The molecule has 1 N–H and O–H groups in total. The van der Waals surface area contributed by atoms with Crippen LogP contribution in [0, 0.1) is 0 Å². The van der Waals surface area contributed by atoms with Gasteiger partial charge in [0.15, 0.2) is 0 Å². The second-order valence-electron chi connectivity index (χ2n) is 5.27. The number of hydrogen-bond donors (Lipinski definition) is 1. The second kappa shape index (κ2) is 5.34. The van der Waals surface area contributed by atoms with Crippen molar-refractivity contribution in [1.82, 2.24) is 10.3 Å². The number of rotatable bonds is 3. The summed E-state index contributed by atoms with van der Waals surface area (Å²) in [5.41, 5.74) is 1.16. The third-order valence-corrected chi connectivity index (χ3v) is 3.82. The quantitative estimate of drug-likeness (QED) is 0.880. The van der Waals surface area contributed by atoms with Gasteiger partial charge in [0, 0.05) is 25.4 Å². The minimum atomic E-state index is 0.0395. The predicted octanol–water partition coefficient (Wildman–Crippen LogP) is 1.51. The van der Waals surface area contributed by atoms with Crippen molar-refractivity contribution in [3.8, 4) is 0 Å². The molecule has 0 radical (unpaired) electrons. The Balaban J connectivity index is 1.50. The van der Waals surface area contributed by atoms with Crippen LogP contribution in [0.15, 0.2) is 24.5 Å². The van der Waals surface area contributed by atoms with E-state index in [1.165, 1.54) is 6.42 Å². The highest BCUT2D eigenvalue weighted by Crippen LogP contribution is 2.33. The summed E-state index contributed by atoms with van der Waals surface area (Å²) < 4.78 is 11.9. The fourth-order valence-corrected chi connectivity index (χ4v) is 2.84. The van der Waals surface area contributed by atoms with Crippen LogP contribution in [0.4, 0.5) is 0 Å². The lowest BCUT2D eigenvalue weighted by Crippen LogP contribution is -2.45. The molecule has 98 valence electrons. The zero-order valence-electron chi connectivity index (χ0n) is 10.6. The lowest BCUT2D eigenvalue weighted by Gasteiger charge is -2.32. The van der Waals surface area contributed by atoms with Crippen molar-refractivity contribution < 1.29 is 9.47 Å². The minimum absolute atomic E-state index is 0.0395. The van der Waals surface area contributed by atoms with E-state index in [0.717, 1.165) is 38.1 Å². The molecule has 3 heterocycles. The summed E-state index contributed by atoms with van der Waals surface area (Å²) in [5.74, 6) is 0. The first kappa shape index (κ1) is 12.1. The summed E-state index contributed by atoms with van der Waals surface area (Å²) in [4.78, 5) is 4.09. The molecule has 0 amide bonds. The number of nitrogens with zero attached hydrogens (tertiary/aromatic N) is 1. The molecule has 18 heavy (non-hydrogen) atoms. The van der Waals surface area contributed by atoms with Gasteiger partial charge in [0.1, 0.15) is 0 Å². The lowest BCUT2D eigenvalue weighted by molar-refractivity contribution is -0.0195. The van der Waals surface area contributed by atoms with Crippen LogP contribution >= 0.6 is 0 Å². The fourth-order valence-electron chi connectivity index (χ4n) is 2.84. The highest BCUT2D eigenvalue weighted by atomic mass is 16.6. The van der Waals surface area contributed by atoms with Crippen LogP contribution in [-0.2, 0) is 16.1 Å². The van der Waals surface area contributed by atoms with E-state index in [1.807, 2.05) is 18.3 Å². The smallest absolute Gasteiger partial charge is 0.0841 e. The van der Waals surface area contributed by atoms with Crippen molar-refractivity contribution >= 4 is 0 Å². The van der Waals surface area contributed by atoms with Crippen molar-refractivity contribution in [2.45, 2.75) is 37.6 Å². The highest BCUT2D eigenvalue weighted by Gasteiger charge is 2.41. The first-order valence-corrected chi connectivity index (χ1v) is 6.72. The van der Waals surface area contributed by atoms with Crippen molar-refractivity contribution in [1.29, 1.82) is 0 Å². The number of hydrogen-bond acceptors (Lipinski definition) is 4. The van der Waals surface area contributed by atoms with Crippen LogP contribution in [-0.4, -0.2) is 36.4 Å². The molecule has 2 aliphatic rings. The van der Waals surface area contributed by atoms with Gasteiger partial charge in [-0.2, -0.15) is 0 Å². The fraction of sp³-hybridized carbons (Fsp3) is 0.643. The molecule has 0 aromatic carbocycles. The number of piperidine rings is 1. The Hall–Kier alpha value is -0.970. The van der Waals surface area contributed by atoms with Crippen LogP contribution in [0.3, 0.4) is 0 Å². The van der Waals surface area contributed by atoms with E-state index in [4.69, 9.17) is 9.47 Å². The first-order valence-electron chi connectivity index (χ1n) is 6.72. The highest BCUT2D eigenvalue weighted by molar-refractivity contribution is 5.07. The largest absolute Gasteiger partial charge is 0.371 e. The average Bonchev–Trinajstić information content (AvgIpc) is 2.82. The molecule has 0 saturated carbocycles. The van der Waals surface area contributed by atoms with Gasteiger partial charge in [-0.25, -0.2) is 0 Å². The molecule has 1 aromatic heterocycles. The van der Waals surface area contributed by atoms with Gasteiger partial charge in [-0.3, -0.25) is 4.98 Å². The van der Waals surface area contributed by atoms with Crippen LogP contribution in [0.1, 0.15) is 24.8 Å². The molecular formula is C14H20N2O2. The monoisotopic (exact) mass is 248 g/mol. The maximum absolute atomic E-state index is 5.98. The van der Waals surface area contributed by atoms with Gasteiger partial charge in [-0.1, -0.05) is 6.07 Å². The molecule has 0 bridgehead atoms. The zero-order valence-corrected chi connectivity index (χ0v) is 10.6. The lowest BCUT2D eigenvalue weighted by atomic mass is 9.90. The molecule has 0 unspecified atom stereocenters. The Morgan fingerprint density at radius 1 is 1.56 bits per heavy atom. The molecule has 2 fully saturated rings. The average molecular weight is 248 g/mol. The maximum Gasteiger partial charge on any atom is 0.0841 e. The van der Waals surface area contributed by atoms with Gasteiger partial charge in [-0.15, -0.1) is 0 Å². The van der Waals surface area contributed by atoms with Crippen LogP contribution in [0.25, 0.3) is 0 Å². The second-order valence-corrected chi connectivity index (χ2v) is 5.27. The van der Waals surface area contributed by atoms with Crippen LogP contribution in [0.5, 0.6) is 0 Å². The number of nitrogens with one attached hydrogen (secondary N) is 1. The third kappa shape index (κ3) is 2.71. The maximum atomic E-state index is 5.98. The zero-order chi connectivity index (χ0) is 12.3. The van der Waals surface area contributed by atoms with Crippen LogP contribution in [0.2, 0.25) is 0 Å². The van der Waals surface area contributed by atoms with Gasteiger partial charge >= 0.3 is 0 Å². The topological polar surface area (TPSA) is 43.4 Å². The molecule has 0 aliphatic carbocycles. The third-order valence-electron chi connectivity index (χ3n) is 3.82. The van der Waals surface area contributed by atoms with E-state index in [0.29, 0.717) is 6.61 Å². The summed E-state index contributed by atoms with van der Waals surface area (Å²) in [6.45, 7) is 3.44.